The number of hydrogen-bond acceptors (Lipinski definition) is 2. The summed E-state index contributed by atoms with van der Waals surface area (Å²) in [4.78, 5) is 11.0. The largest absolute Gasteiger partial charge is 0.488 e. The number of carboxylic acids is 1. The monoisotopic (exact) mass is 278 g/mol. The van der Waals surface area contributed by atoms with Crippen molar-refractivity contribution in [2.75, 3.05) is 0 Å². The highest BCUT2D eigenvalue weighted by atomic mass is 19.1. The Morgan fingerprint density at radius 3 is 2.50 bits per heavy atom. The van der Waals surface area contributed by atoms with Gasteiger partial charge < -0.3 is 9.84 Å². The lowest BCUT2D eigenvalue weighted by molar-refractivity contribution is 0.0694. The van der Waals surface area contributed by atoms with Crippen molar-refractivity contribution in [3.63, 3.8) is 0 Å². The molecule has 5 heteroatoms. The molecule has 104 valence electrons. The summed E-state index contributed by atoms with van der Waals surface area (Å²) >= 11 is 0. The van der Waals surface area contributed by atoms with Gasteiger partial charge in [-0.15, -0.1) is 0 Å². The van der Waals surface area contributed by atoms with E-state index in [0.29, 0.717) is 11.3 Å². The predicted octanol–water partition coefficient (Wildman–Crippen LogP) is 3.55. The minimum absolute atomic E-state index is 0.0412. The zero-order valence-electron chi connectivity index (χ0n) is 10.7. The summed E-state index contributed by atoms with van der Waals surface area (Å²) in [5, 5.41) is 9.01. The van der Waals surface area contributed by atoms with Crippen LogP contribution in [0.1, 0.15) is 21.5 Å². The van der Waals surface area contributed by atoms with Crippen molar-refractivity contribution in [3.8, 4) is 5.75 Å². The van der Waals surface area contributed by atoms with E-state index >= 15 is 0 Å². The summed E-state index contributed by atoms with van der Waals surface area (Å²) in [6.45, 7) is 1.59. The second-order valence-corrected chi connectivity index (χ2v) is 4.31. The molecule has 0 unspecified atom stereocenters. The van der Waals surface area contributed by atoms with Crippen LogP contribution in [0.15, 0.2) is 36.4 Å². The van der Waals surface area contributed by atoms with E-state index in [1.54, 1.807) is 13.0 Å². The van der Waals surface area contributed by atoms with Crippen molar-refractivity contribution in [1.82, 2.24) is 0 Å². The molecule has 0 radical (unpaired) electrons. The van der Waals surface area contributed by atoms with Gasteiger partial charge in [0, 0.05) is 11.6 Å². The van der Waals surface area contributed by atoms with E-state index in [2.05, 4.69) is 0 Å². The fourth-order valence-electron chi connectivity index (χ4n) is 1.78. The van der Waals surface area contributed by atoms with Gasteiger partial charge in [0.05, 0.1) is 5.56 Å². The average Bonchev–Trinajstić information content (AvgIpc) is 2.39. The summed E-state index contributed by atoms with van der Waals surface area (Å²) in [5.74, 6) is -1.88. The number of hydrogen-bond donors (Lipinski definition) is 1. The maximum absolute atomic E-state index is 13.2. The van der Waals surface area contributed by atoms with Crippen LogP contribution in [0, 0.1) is 18.6 Å². The van der Waals surface area contributed by atoms with Crippen molar-refractivity contribution in [2.45, 2.75) is 13.5 Å². The van der Waals surface area contributed by atoms with Crippen LogP contribution in [0.4, 0.5) is 8.78 Å². The normalized spacial score (nSPS) is 10.3. The number of benzene rings is 2. The Morgan fingerprint density at radius 1 is 1.15 bits per heavy atom. The van der Waals surface area contributed by atoms with Gasteiger partial charge in [0.2, 0.25) is 0 Å². The highest BCUT2D eigenvalue weighted by molar-refractivity contribution is 5.89. The molecule has 0 saturated carbocycles. The SMILES string of the molecule is Cc1ccc(F)cc1OCc1cc(F)ccc1C(=O)O. The van der Waals surface area contributed by atoms with Gasteiger partial charge in [-0.3, -0.25) is 0 Å². The standard InChI is InChI=1S/C15H12F2O3/c1-9-2-3-12(17)7-14(9)20-8-10-6-11(16)4-5-13(10)15(18)19/h2-7H,8H2,1H3,(H,18,19). The first kappa shape index (κ1) is 14.0. The Bertz CT molecular complexity index is 654. The fourth-order valence-corrected chi connectivity index (χ4v) is 1.78. The van der Waals surface area contributed by atoms with Crippen LogP contribution >= 0.6 is 0 Å². The molecule has 0 heterocycles. The van der Waals surface area contributed by atoms with Crippen molar-refractivity contribution >= 4 is 5.97 Å². The quantitative estimate of drug-likeness (QED) is 0.930. The summed E-state index contributed by atoms with van der Waals surface area (Å²) in [5.41, 5.74) is 0.862. The smallest absolute Gasteiger partial charge is 0.336 e. The predicted molar refractivity (Wildman–Crippen MR) is 68.8 cm³/mol. The van der Waals surface area contributed by atoms with Gasteiger partial charge in [-0.1, -0.05) is 6.07 Å². The highest BCUT2D eigenvalue weighted by Crippen LogP contribution is 2.21. The number of halogens is 2. The molecule has 1 N–H and O–H groups in total. The van der Waals surface area contributed by atoms with Crippen LogP contribution in [0.3, 0.4) is 0 Å². The number of aryl methyl sites for hydroxylation is 1. The molecule has 2 aromatic rings. The molecule has 3 nitrogen and oxygen atoms in total. The number of rotatable bonds is 4. The zero-order chi connectivity index (χ0) is 14.7. The highest BCUT2D eigenvalue weighted by Gasteiger charge is 2.12. The third kappa shape index (κ3) is 3.12. The first-order valence-corrected chi connectivity index (χ1v) is 5.88. The summed E-state index contributed by atoms with van der Waals surface area (Å²) in [6, 6.07) is 7.39. The van der Waals surface area contributed by atoms with Gasteiger partial charge in [0.15, 0.2) is 0 Å². The second kappa shape index (κ2) is 5.69. The van der Waals surface area contributed by atoms with Crippen LogP contribution in [0.5, 0.6) is 5.75 Å². The Hall–Kier alpha value is -2.43. The fraction of sp³-hybridized carbons (Fsp3) is 0.133. The van der Waals surface area contributed by atoms with E-state index in [0.717, 1.165) is 12.1 Å². The summed E-state index contributed by atoms with van der Waals surface area (Å²) < 4.78 is 31.7. The number of carbonyl (C=O) groups is 1. The number of ether oxygens (including phenoxy) is 1. The first-order chi connectivity index (χ1) is 9.47. The lowest BCUT2D eigenvalue weighted by atomic mass is 10.1. The molecule has 0 bridgehead atoms. The summed E-state index contributed by atoms with van der Waals surface area (Å²) in [7, 11) is 0. The molecule has 0 aromatic heterocycles. The van der Waals surface area contributed by atoms with Crippen LogP contribution in [0.2, 0.25) is 0 Å². The Morgan fingerprint density at radius 2 is 1.80 bits per heavy atom. The Labute approximate surface area is 114 Å². The van der Waals surface area contributed by atoms with Crippen LogP contribution < -0.4 is 4.74 Å². The van der Waals surface area contributed by atoms with Gasteiger partial charge in [-0.05, 0) is 36.8 Å². The lowest BCUT2D eigenvalue weighted by Crippen LogP contribution is -2.06. The molecule has 0 fully saturated rings. The molecule has 0 aliphatic rings. The zero-order valence-corrected chi connectivity index (χ0v) is 10.7. The maximum Gasteiger partial charge on any atom is 0.336 e. The third-order valence-electron chi connectivity index (χ3n) is 2.83. The molecule has 0 saturated heterocycles. The maximum atomic E-state index is 13.2. The molecule has 0 amide bonds. The van der Waals surface area contributed by atoms with E-state index < -0.39 is 17.6 Å². The van der Waals surface area contributed by atoms with Crippen LogP contribution in [-0.4, -0.2) is 11.1 Å². The molecule has 0 aliphatic carbocycles. The Balaban J connectivity index is 2.24. The van der Waals surface area contributed by atoms with Crippen LogP contribution in [-0.2, 0) is 6.61 Å². The molecule has 0 spiro atoms. The van der Waals surface area contributed by atoms with Crippen LogP contribution in [0.25, 0.3) is 0 Å². The first-order valence-electron chi connectivity index (χ1n) is 5.88. The molecule has 2 rings (SSSR count). The van der Waals surface area contributed by atoms with Crippen molar-refractivity contribution in [2.24, 2.45) is 0 Å². The van der Waals surface area contributed by atoms with Gasteiger partial charge in [-0.2, -0.15) is 0 Å². The van der Waals surface area contributed by atoms with E-state index in [1.807, 2.05) is 0 Å². The lowest BCUT2D eigenvalue weighted by Gasteiger charge is -2.11. The molecule has 20 heavy (non-hydrogen) atoms. The second-order valence-electron chi connectivity index (χ2n) is 4.31. The topological polar surface area (TPSA) is 46.5 Å². The molecular formula is C15H12F2O3. The molecule has 2 aromatic carbocycles. The van der Waals surface area contributed by atoms with Crippen molar-refractivity contribution in [1.29, 1.82) is 0 Å². The van der Waals surface area contributed by atoms with E-state index in [9.17, 15) is 13.6 Å². The number of carboxylic acid groups (broad SMARTS) is 1. The average molecular weight is 278 g/mol. The van der Waals surface area contributed by atoms with E-state index in [4.69, 9.17) is 9.84 Å². The molecular weight excluding hydrogens is 266 g/mol. The van der Waals surface area contributed by atoms with Crippen molar-refractivity contribution in [3.05, 3.63) is 64.7 Å². The van der Waals surface area contributed by atoms with Crippen molar-refractivity contribution < 1.29 is 23.4 Å². The summed E-state index contributed by atoms with van der Waals surface area (Å²) in [6.07, 6.45) is 0. The molecule has 0 aliphatic heterocycles. The third-order valence-corrected chi connectivity index (χ3v) is 2.83. The van der Waals surface area contributed by atoms with Gasteiger partial charge >= 0.3 is 5.97 Å². The van der Waals surface area contributed by atoms with E-state index in [1.165, 1.54) is 18.2 Å². The minimum atomic E-state index is -1.17. The van der Waals surface area contributed by atoms with E-state index in [-0.39, 0.29) is 17.7 Å². The van der Waals surface area contributed by atoms with Gasteiger partial charge in [0.1, 0.15) is 24.0 Å². The molecule has 0 atom stereocenters. The number of aromatic carboxylic acids is 1. The van der Waals surface area contributed by atoms with Gasteiger partial charge in [-0.25, -0.2) is 13.6 Å². The minimum Gasteiger partial charge on any atom is -0.488 e. The van der Waals surface area contributed by atoms with Gasteiger partial charge in [0.25, 0.3) is 0 Å². The Kier molecular flexibility index (Phi) is 3.98.